The smallest absolute Gasteiger partial charge is 0.142 e. The summed E-state index contributed by atoms with van der Waals surface area (Å²) in [6.07, 6.45) is 14.4. The first-order chi connectivity index (χ1) is 14.9. The van der Waals surface area contributed by atoms with Gasteiger partial charge in [0.15, 0.2) is 0 Å². The van der Waals surface area contributed by atoms with E-state index in [0.717, 1.165) is 53.0 Å². The highest BCUT2D eigenvalue weighted by Crippen LogP contribution is 2.34. The highest BCUT2D eigenvalue weighted by Gasteiger charge is 2.27. The number of rotatable bonds is 5. The van der Waals surface area contributed by atoms with Crippen LogP contribution in [0.15, 0.2) is 18.6 Å². The molecule has 0 spiro atoms. The molecule has 2 aromatic rings. The molecule has 0 aliphatic heterocycles. The number of nitrogens with one attached hydrogen (secondary N) is 1. The highest BCUT2D eigenvalue weighted by atomic mass is 15.2. The fourth-order valence-electron chi connectivity index (χ4n) is 5.56. The zero-order valence-electron chi connectivity index (χ0n) is 20.5. The van der Waals surface area contributed by atoms with Crippen molar-refractivity contribution in [2.75, 3.05) is 18.5 Å². The average molecular weight is 428 g/mol. The number of H-pyrrole nitrogens is 1. The van der Waals surface area contributed by atoms with Crippen LogP contribution in [0.1, 0.15) is 79.1 Å². The van der Waals surface area contributed by atoms with Gasteiger partial charge >= 0.3 is 0 Å². The SMILES string of the molecule is CC(C)C1CCC(CN)CC1.CC(C)C1CCC(N(C)c2ncnc3[nH]ccc23)CC1. The van der Waals surface area contributed by atoms with Gasteiger partial charge in [-0.1, -0.05) is 27.7 Å². The van der Waals surface area contributed by atoms with E-state index in [-0.39, 0.29) is 0 Å². The molecule has 0 radical (unpaired) electrons. The van der Waals surface area contributed by atoms with Crippen molar-refractivity contribution in [1.29, 1.82) is 0 Å². The number of nitrogens with zero attached hydrogens (tertiary/aromatic N) is 3. The molecular formula is C26H45N5. The van der Waals surface area contributed by atoms with Gasteiger partial charge in [0.05, 0.1) is 5.39 Å². The molecule has 3 N–H and O–H groups in total. The third kappa shape index (κ3) is 6.21. The van der Waals surface area contributed by atoms with Crippen LogP contribution in [-0.4, -0.2) is 34.6 Å². The standard InChI is InChI=1S/C16H24N4.C10H21N/c1-11(2)12-4-6-13(7-5-12)20(3)16-14-8-9-17-15(14)18-10-19-16;1-8(2)10-5-3-9(7-11)4-6-10/h8-13H,4-7H2,1-3H3,(H,17,18,19);8-10H,3-7,11H2,1-2H3. The van der Waals surface area contributed by atoms with Crippen LogP contribution in [0.2, 0.25) is 0 Å². The van der Waals surface area contributed by atoms with E-state index in [4.69, 9.17) is 5.73 Å². The largest absolute Gasteiger partial charge is 0.356 e. The Morgan fingerprint density at radius 1 is 0.935 bits per heavy atom. The third-order valence-corrected chi connectivity index (χ3v) is 8.07. The molecule has 5 nitrogen and oxygen atoms in total. The van der Waals surface area contributed by atoms with E-state index in [9.17, 15) is 0 Å². The molecule has 4 rings (SSSR count). The quantitative estimate of drug-likeness (QED) is 0.612. The van der Waals surface area contributed by atoms with Crippen molar-refractivity contribution in [2.45, 2.75) is 85.1 Å². The van der Waals surface area contributed by atoms with Gasteiger partial charge in [-0.25, -0.2) is 9.97 Å². The van der Waals surface area contributed by atoms with Crippen LogP contribution in [-0.2, 0) is 0 Å². The second-order valence-corrected chi connectivity index (χ2v) is 10.6. The zero-order valence-corrected chi connectivity index (χ0v) is 20.5. The molecule has 2 saturated carbocycles. The van der Waals surface area contributed by atoms with E-state index in [1.165, 1.54) is 51.4 Å². The van der Waals surface area contributed by atoms with Gasteiger partial charge in [-0.15, -0.1) is 0 Å². The van der Waals surface area contributed by atoms with E-state index >= 15 is 0 Å². The van der Waals surface area contributed by atoms with Gasteiger partial charge in [-0.2, -0.15) is 0 Å². The molecule has 0 saturated heterocycles. The maximum atomic E-state index is 5.62. The molecule has 0 unspecified atom stereocenters. The topological polar surface area (TPSA) is 70.8 Å². The van der Waals surface area contributed by atoms with Crippen molar-refractivity contribution in [3.63, 3.8) is 0 Å². The van der Waals surface area contributed by atoms with Gasteiger partial charge in [0, 0.05) is 19.3 Å². The maximum Gasteiger partial charge on any atom is 0.142 e. The van der Waals surface area contributed by atoms with Crippen LogP contribution in [0.25, 0.3) is 11.0 Å². The van der Waals surface area contributed by atoms with Crippen LogP contribution >= 0.6 is 0 Å². The number of fused-ring (bicyclic) bond motifs is 1. The summed E-state index contributed by atoms with van der Waals surface area (Å²) in [7, 11) is 2.18. The molecular weight excluding hydrogens is 382 g/mol. The van der Waals surface area contributed by atoms with E-state index < -0.39 is 0 Å². The predicted octanol–water partition coefficient (Wildman–Crippen LogP) is 6.02. The highest BCUT2D eigenvalue weighted by molar-refractivity contribution is 5.87. The van der Waals surface area contributed by atoms with Crippen LogP contribution < -0.4 is 10.6 Å². The summed E-state index contributed by atoms with van der Waals surface area (Å²) in [5.41, 5.74) is 6.55. The minimum Gasteiger partial charge on any atom is -0.356 e. The van der Waals surface area contributed by atoms with Crippen molar-refractivity contribution in [3.8, 4) is 0 Å². The lowest BCUT2D eigenvalue weighted by Crippen LogP contribution is -2.36. The summed E-state index contributed by atoms with van der Waals surface area (Å²) in [5.74, 6) is 5.48. The first-order valence-corrected chi connectivity index (χ1v) is 12.6. The molecule has 2 aromatic heterocycles. The second kappa shape index (κ2) is 11.3. The lowest BCUT2D eigenvalue weighted by molar-refractivity contribution is 0.228. The van der Waals surface area contributed by atoms with Gasteiger partial charge < -0.3 is 15.6 Å². The summed E-state index contributed by atoms with van der Waals surface area (Å²) in [6, 6.07) is 2.68. The Bertz CT molecular complexity index is 767. The number of anilines is 1. The fraction of sp³-hybridized carbons (Fsp3) is 0.769. The summed E-state index contributed by atoms with van der Waals surface area (Å²) >= 11 is 0. The summed E-state index contributed by atoms with van der Waals surface area (Å²) in [6.45, 7) is 10.3. The van der Waals surface area contributed by atoms with Crippen LogP contribution in [0, 0.1) is 29.6 Å². The first kappa shape index (κ1) is 24.0. The van der Waals surface area contributed by atoms with Crippen LogP contribution in [0.4, 0.5) is 5.82 Å². The molecule has 2 heterocycles. The number of hydrogen-bond donors (Lipinski definition) is 2. The molecule has 5 heteroatoms. The number of nitrogens with two attached hydrogens (primary N) is 1. The van der Waals surface area contributed by atoms with Gasteiger partial charge in [0.1, 0.15) is 17.8 Å². The molecule has 2 fully saturated rings. The minimum absolute atomic E-state index is 0.609. The molecule has 0 atom stereocenters. The number of aromatic nitrogens is 3. The Balaban J connectivity index is 0.000000210. The van der Waals surface area contributed by atoms with Crippen molar-refractivity contribution < 1.29 is 0 Å². The first-order valence-electron chi connectivity index (χ1n) is 12.6. The third-order valence-electron chi connectivity index (χ3n) is 8.07. The lowest BCUT2D eigenvalue weighted by Gasteiger charge is -2.36. The lowest BCUT2D eigenvalue weighted by atomic mass is 9.77. The molecule has 2 aliphatic rings. The van der Waals surface area contributed by atoms with Gasteiger partial charge in [-0.3, -0.25) is 0 Å². The second-order valence-electron chi connectivity index (χ2n) is 10.6. The predicted molar refractivity (Wildman–Crippen MR) is 132 cm³/mol. The Labute approximate surface area is 189 Å². The van der Waals surface area contributed by atoms with Crippen molar-refractivity contribution >= 4 is 16.9 Å². The Morgan fingerprint density at radius 3 is 2.06 bits per heavy atom. The zero-order chi connectivity index (χ0) is 22.4. The Kier molecular flexibility index (Phi) is 8.76. The van der Waals surface area contributed by atoms with E-state index in [1.807, 2.05) is 6.20 Å². The molecule has 31 heavy (non-hydrogen) atoms. The number of hydrogen-bond acceptors (Lipinski definition) is 4. The van der Waals surface area contributed by atoms with Gasteiger partial charge in [-0.05, 0) is 93.6 Å². The van der Waals surface area contributed by atoms with Crippen molar-refractivity contribution in [2.24, 2.45) is 35.3 Å². The normalized spacial score (nSPS) is 26.7. The number of aromatic amines is 1. The van der Waals surface area contributed by atoms with Crippen LogP contribution in [0.5, 0.6) is 0 Å². The van der Waals surface area contributed by atoms with Crippen molar-refractivity contribution in [3.05, 3.63) is 18.6 Å². The van der Waals surface area contributed by atoms with Gasteiger partial charge in [0.2, 0.25) is 0 Å². The fourth-order valence-corrected chi connectivity index (χ4v) is 5.56. The van der Waals surface area contributed by atoms with Gasteiger partial charge in [0.25, 0.3) is 0 Å². The molecule has 2 aliphatic carbocycles. The summed E-state index contributed by atoms with van der Waals surface area (Å²) in [4.78, 5) is 14.3. The van der Waals surface area contributed by atoms with E-state index in [0.29, 0.717) is 6.04 Å². The van der Waals surface area contributed by atoms with E-state index in [2.05, 4.69) is 60.7 Å². The van der Waals surface area contributed by atoms with Crippen molar-refractivity contribution in [1.82, 2.24) is 15.0 Å². The maximum absolute atomic E-state index is 5.62. The minimum atomic E-state index is 0.609. The van der Waals surface area contributed by atoms with E-state index in [1.54, 1.807) is 6.33 Å². The Hall–Kier alpha value is -1.62. The average Bonchev–Trinajstić information content (AvgIpc) is 3.28. The summed E-state index contributed by atoms with van der Waals surface area (Å²) < 4.78 is 0. The molecule has 0 bridgehead atoms. The summed E-state index contributed by atoms with van der Waals surface area (Å²) in [5, 5.41) is 1.13. The molecule has 174 valence electrons. The monoisotopic (exact) mass is 427 g/mol. The molecule has 0 aromatic carbocycles. The molecule has 0 amide bonds. The van der Waals surface area contributed by atoms with Crippen LogP contribution in [0.3, 0.4) is 0 Å². The Morgan fingerprint density at radius 2 is 1.52 bits per heavy atom.